The summed E-state index contributed by atoms with van der Waals surface area (Å²) in [7, 11) is 0. The van der Waals surface area contributed by atoms with E-state index >= 15 is 0 Å². The lowest BCUT2D eigenvalue weighted by atomic mass is 9.95. The van der Waals surface area contributed by atoms with Gasteiger partial charge in [-0.3, -0.25) is 14.2 Å². The van der Waals surface area contributed by atoms with Crippen LogP contribution in [0.2, 0.25) is 0 Å². The number of carbonyl (C=O) groups is 1. The van der Waals surface area contributed by atoms with E-state index in [2.05, 4.69) is 18.0 Å². The number of allylic oxidation sites excluding steroid dienone is 1. The van der Waals surface area contributed by atoms with Crippen molar-refractivity contribution in [2.45, 2.75) is 63.2 Å². The van der Waals surface area contributed by atoms with Gasteiger partial charge in [-0.15, -0.1) is 29.3 Å². The number of nitriles is 1. The Hall–Kier alpha value is -2.41. The summed E-state index contributed by atoms with van der Waals surface area (Å²) in [6.07, 6.45) is 9.00. The maximum atomic E-state index is 13.2. The van der Waals surface area contributed by atoms with Crippen LogP contribution in [-0.2, 0) is 43.6 Å². The molecule has 170 valence electrons. The molecule has 2 aliphatic carbocycles. The average Bonchev–Trinajstić information content (AvgIpc) is 3.50. The molecule has 6 nitrogen and oxygen atoms in total. The number of hydrogen-bond donors (Lipinski definition) is 1. The summed E-state index contributed by atoms with van der Waals surface area (Å²) in [5.74, 6) is 0.0242. The molecular weight excluding hydrogens is 472 g/mol. The van der Waals surface area contributed by atoms with Crippen molar-refractivity contribution in [3.05, 3.63) is 54.3 Å². The van der Waals surface area contributed by atoms with Crippen molar-refractivity contribution in [2.24, 2.45) is 0 Å². The van der Waals surface area contributed by atoms with E-state index in [4.69, 9.17) is 4.98 Å². The molecule has 0 unspecified atom stereocenters. The van der Waals surface area contributed by atoms with Crippen LogP contribution in [-0.4, -0.2) is 21.2 Å². The standard InChI is InChI=1S/C24H24N4O2S3/c1-2-10-28-23(30)21-15-7-5-9-18(15)33-22(21)27-24(28)31-13-20(29)26-12-19-16(11-25)14-6-3-4-8-17(14)32-19/h2H,1,3-10,12-13H2,(H,26,29). The summed E-state index contributed by atoms with van der Waals surface area (Å²) in [6, 6.07) is 2.34. The van der Waals surface area contributed by atoms with E-state index in [1.165, 1.54) is 27.1 Å². The van der Waals surface area contributed by atoms with Gasteiger partial charge in [0, 0.05) is 21.2 Å². The summed E-state index contributed by atoms with van der Waals surface area (Å²) in [4.78, 5) is 34.9. The molecule has 33 heavy (non-hydrogen) atoms. The van der Waals surface area contributed by atoms with Gasteiger partial charge in [0.05, 0.1) is 23.2 Å². The van der Waals surface area contributed by atoms with Crippen LogP contribution in [0.3, 0.4) is 0 Å². The minimum Gasteiger partial charge on any atom is -0.350 e. The Morgan fingerprint density at radius 2 is 1.94 bits per heavy atom. The van der Waals surface area contributed by atoms with E-state index in [0.717, 1.165) is 71.2 Å². The molecule has 0 bridgehead atoms. The van der Waals surface area contributed by atoms with Gasteiger partial charge in [-0.05, 0) is 56.1 Å². The minimum absolute atomic E-state index is 0.0370. The molecule has 0 saturated heterocycles. The molecule has 0 aliphatic heterocycles. The second kappa shape index (κ2) is 9.45. The number of thioether (sulfide) groups is 1. The third-order valence-electron chi connectivity index (χ3n) is 6.24. The normalized spacial score (nSPS) is 14.6. The van der Waals surface area contributed by atoms with Gasteiger partial charge in [0.25, 0.3) is 5.56 Å². The van der Waals surface area contributed by atoms with E-state index in [1.54, 1.807) is 33.3 Å². The van der Waals surface area contributed by atoms with Crippen molar-refractivity contribution in [2.75, 3.05) is 5.75 Å². The number of rotatable bonds is 7. The molecule has 0 saturated carbocycles. The van der Waals surface area contributed by atoms with Gasteiger partial charge >= 0.3 is 0 Å². The molecule has 9 heteroatoms. The van der Waals surface area contributed by atoms with E-state index in [-0.39, 0.29) is 17.2 Å². The number of hydrogen-bond acceptors (Lipinski definition) is 7. The van der Waals surface area contributed by atoms with E-state index < -0.39 is 0 Å². The van der Waals surface area contributed by atoms with Crippen LogP contribution in [0.25, 0.3) is 10.2 Å². The highest BCUT2D eigenvalue weighted by Crippen LogP contribution is 2.36. The predicted molar refractivity (Wildman–Crippen MR) is 134 cm³/mol. The number of nitrogens with zero attached hydrogens (tertiary/aromatic N) is 3. The lowest BCUT2D eigenvalue weighted by molar-refractivity contribution is -0.118. The van der Waals surface area contributed by atoms with Crippen LogP contribution in [0.15, 0.2) is 22.6 Å². The third kappa shape index (κ3) is 4.16. The van der Waals surface area contributed by atoms with Crippen molar-refractivity contribution in [1.29, 1.82) is 5.26 Å². The van der Waals surface area contributed by atoms with Crippen LogP contribution < -0.4 is 10.9 Å². The highest BCUT2D eigenvalue weighted by atomic mass is 32.2. The van der Waals surface area contributed by atoms with Gasteiger partial charge in [0.1, 0.15) is 10.9 Å². The fourth-order valence-corrected chi connectivity index (χ4v) is 8.12. The van der Waals surface area contributed by atoms with Gasteiger partial charge in [-0.25, -0.2) is 4.98 Å². The lowest BCUT2D eigenvalue weighted by Crippen LogP contribution is -2.26. The Kier molecular flexibility index (Phi) is 6.41. The van der Waals surface area contributed by atoms with Crippen LogP contribution in [0.1, 0.15) is 50.6 Å². The molecule has 3 aromatic rings. The number of fused-ring (bicyclic) bond motifs is 4. The van der Waals surface area contributed by atoms with Crippen LogP contribution in [0.5, 0.6) is 0 Å². The topological polar surface area (TPSA) is 87.8 Å². The van der Waals surface area contributed by atoms with Gasteiger partial charge in [0.2, 0.25) is 5.91 Å². The van der Waals surface area contributed by atoms with Crippen molar-refractivity contribution >= 4 is 50.6 Å². The summed E-state index contributed by atoms with van der Waals surface area (Å²) in [5.41, 5.74) is 3.05. The molecule has 5 rings (SSSR count). The number of thiophene rings is 2. The number of carbonyl (C=O) groups excluding carboxylic acids is 1. The number of aromatic nitrogens is 2. The van der Waals surface area contributed by atoms with E-state index in [1.807, 2.05) is 0 Å². The largest absolute Gasteiger partial charge is 0.350 e. The van der Waals surface area contributed by atoms with Gasteiger partial charge in [0.15, 0.2) is 5.16 Å². The molecule has 0 aromatic carbocycles. The predicted octanol–water partition coefficient (Wildman–Crippen LogP) is 4.35. The molecule has 2 aliphatic rings. The van der Waals surface area contributed by atoms with Crippen LogP contribution in [0, 0.1) is 11.3 Å². The first-order chi connectivity index (χ1) is 16.1. The molecule has 3 aromatic heterocycles. The smallest absolute Gasteiger partial charge is 0.263 e. The molecular formula is C24H24N4O2S3. The Morgan fingerprint density at radius 3 is 2.76 bits per heavy atom. The number of amides is 1. The highest BCUT2D eigenvalue weighted by molar-refractivity contribution is 7.99. The quantitative estimate of drug-likeness (QED) is 0.298. The summed E-state index contributed by atoms with van der Waals surface area (Å²) in [6.45, 7) is 4.51. The minimum atomic E-state index is -0.136. The maximum Gasteiger partial charge on any atom is 0.263 e. The first-order valence-corrected chi connectivity index (χ1v) is 13.8. The van der Waals surface area contributed by atoms with Crippen molar-refractivity contribution in [3.8, 4) is 6.07 Å². The second-order valence-electron chi connectivity index (χ2n) is 8.32. The summed E-state index contributed by atoms with van der Waals surface area (Å²) in [5, 5.41) is 13.9. The molecule has 0 atom stereocenters. The van der Waals surface area contributed by atoms with Crippen LogP contribution in [0.4, 0.5) is 0 Å². The fraction of sp³-hybridized carbons (Fsp3) is 0.417. The Morgan fingerprint density at radius 1 is 1.18 bits per heavy atom. The van der Waals surface area contributed by atoms with Gasteiger partial charge in [-0.1, -0.05) is 17.8 Å². The maximum absolute atomic E-state index is 13.2. The molecule has 0 spiro atoms. The lowest BCUT2D eigenvalue weighted by Gasteiger charge is -2.11. The molecule has 1 N–H and O–H groups in total. The third-order valence-corrected chi connectivity index (χ3v) is 9.69. The Bertz CT molecular complexity index is 1360. The first-order valence-electron chi connectivity index (χ1n) is 11.2. The average molecular weight is 497 g/mol. The highest BCUT2D eigenvalue weighted by Gasteiger charge is 2.24. The van der Waals surface area contributed by atoms with Gasteiger partial charge < -0.3 is 5.32 Å². The molecule has 1 amide bonds. The molecule has 0 radical (unpaired) electrons. The monoisotopic (exact) mass is 496 g/mol. The summed E-state index contributed by atoms with van der Waals surface area (Å²) < 4.78 is 1.62. The van der Waals surface area contributed by atoms with Crippen molar-refractivity contribution < 1.29 is 4.79 Å². The van der Waals surface area contributed by atoms with Crippen molar-refractivity contribution in [3.63, 3.8) is 0 Å². The second-order valence-corrected chi connectivity index (χ2v) is 11.5. The summed E-state index contributed by atoms with van der Waals surface area (Å²) >= 11 is 4.54. The number of nitrogens with one attached hydrogen (secondary N) is 1. The fourth-order valence-electron chi connectivity index (χ4n) is 4.70. The number of aryl methyl sites for hydroxylation is 3. The molecule has 3 heterocycles. The van der Waals surface area contributed by atoms with Crippen LogP contribution >= 0.6 is 34.4 Å². The van der Waals surface area contributed by atoms with Crippen molar-refractivity contribution in [1.82, 2.24) is 14.9 Å². The SMILES string of the molecule is C=CCn1c(SCC(=O)NCc2sc3c(c2C#N)CCCC3)nc2sc3c(c2c1=O)CCC3. The molecule has 0 fully saturated rings. The van der Waals surface area contributed by atoms with E-state index in [9.17, 15) is 14.9 Å². The zero-order valence-electron chi connectivity index (χ0n) is 18.2. The van der Waals surface area contributed by atoms with Gasteiger partial charge in [-0.2, -0.15) is 5.26 Å². The zero-order valence-corrected chi connectivity index (χ0v) is 20.7. The Labute approximate surface area is 204 Å². The first kappa shape index (κ1) is 22.4. The Balaban J connectivity index is 1.31. The zero-order chi connectivity index (χ0) is 22.9. The van der Waals surface area contributed by atoms with E-state index in [0.29, 0.717) is 18.2 Å².